The van der Waals surface area contributed by atoms with Crippen molar-refractivity contribution >= 4 is 21.6 Å². The minimum absolute atomic E-state index is 0.132. The van der Waals surface area contributed by atoms with Gasteiger partial charge in [0.05, 0.1) is 11.0 Å². The van der Waals surface area contributed by atoms with Crippen LogP contribution in [0.3, 0.4) is 0 Å². The van der Waals surface area contributed by atoms with E-state index in [1.165, 1.54) is 6.07 Å². The van der Waals surface area contributed by atoms with Crippen LogP contribution in [0, 0.1) is 21.4 Å². The fourth-order valence-corrected chi connectivity index (χ4v) is 2.97. The van der Waals surface area contributed by atoms with Crippen LogP contribution in [0.4, 0.5) is 5.69 Å². The average molecular weight is 345 g/mol. The summed E-state index contributed by atoms with van der Waals surface area (Å²) >= 11 is 3.26. The molecule has 0 radical (unpaired) electrons. The topological polar surface area (TPSA) is 76.2 Å². The Kier molecular flexibility index (Phi) is 3.35. The number of hydrogen-bond acceptors (Lipinski definition) is 4. The molecule has 6 heteroatoms. The third kappa shape index (κ3) is 2.26. The van der Waals surface area contributed by atoms with Crippen molar-refractivity contribution in [3.8, 4) is 11.8 Å². The van der Waals surface area contributed by atoms with E-state index in [2.05, 4.69) is 22.0 Å². The van der Waals surface area contributed by atoms with Crippen LogP contribution in [-0.4, -0.2) is 4.92 Å². The molecule has 1 heterocycles. The molecule has 1 aliphatic rings. The van der Waals surface area contributed by atoms with Crippen molar-refractivity contribution in [2.24, 2.45) is 0 Å². The molecule has 0 saturated carbocycles. The number of nitro groups is 1. The first-order chi connectivity index (χ1) is 10.1. The maximum atomic E-state index is 11.2. The maximum Gasteiger partial charge on any atom is 0.312 e. The van der Waals surface area contributed by atoms with Crippen molar-refractivity contribution in [1.82, 2.24) is 0 Å². The summed E-state index contributed by atoms with van der Waals surface area (Å²) in [4.78, 5) is 10.7. The molecule has 0 amide bonds. The molecule has 3 rings (SSSR count). The number of nitrogens with zero attached hydrogens (tertiary/aromatic N) is 2. The molecule has 0 fully saturated rings. The van der Waals surface area contributed by atoms with Gasteiger partial charge in [0.25, 0.3) is 0 Å². The molecule has 0 aliphatic carbocycles. The number of halogens is 1. The quantitative estimate of drug-likeness (QED) is 0.580. The molecule has 0 N–H and O–H groups in total. The standard InChI is InChI=1S/C15H9BrN2O3/c16-10-5-12-13(7-17)11-4-2-1-3-9(11)8-21-15(12)14(6-10)18(19)20/h1-6,13H,8H2. The summed E-state index contributed by atoms with van der Waals surface area (Å²) in [6, 6.07) is 12.8. The van der Waals surface area contributed by atoms with Crippen molar-refractivity contribution in [2.75, 3.05) is 0 Å². The number of benzene rings is 2. The Bertz CT molecular complexity index is 783. The van der Waals surface area contributed by atoms with Gasteiger partial charge in [-0.2, -0.15) is 5.26 Å². The number of fused-ring (bicyclic) bond motifs is 2. The van der Waals surface area contributed by atoms with Crippen molar-refractivity contribution < 1.29 is 9.66 Å². The summed E-state index contributed by atoms with van der Waals surface area (Å²) in [7, 11) is 0. The Morgan fingerprint density at radius 2 is 2.10 bits per heavy atom. The van der Waals surface area contributed by atoms with Crippen LogP contribution in [-0.2, 0) is 6.61 Å². The summed E-state index contributed by atoms with van der Waals surface area (Å²) in [6.07, 6.45) is 0. The largest absolute Gasteiger partial charge is 0.482 e. The van der Waals surface area contributed by atoms with Gasteiger partial charge < -0.3 is 4.74 Å². The lowest BCUT2D eigenvalue weighted by molar-refractivity contribution is -0.386. The van der Waals surface area contributed by atoms with Crippen LogP contribution >= 0.6 is 15.9 Å². The minimum Gasteiger partial charge on any atom is -0.482 e. The second-order valence-corrected chi connectivity index (χ2v) is 5.57. The van der Waals surface area contributed by atoms with Crippen LogP contribution in [0.1, 0.15) is 22.6 Å². The van der Waals surface area contributed by atoms with Crippen LogP contribution in [0.5, 0.6) is 5.75 Å². The van der Waals surface area contributed by atoms with Gasteiger partial charge in [0, 0.05) is 16.1 Å². The zero-order valence-electron chi connectivity index (χ0n) is 10.7. The highest BCUT2D eigenvalue weighted by atomic mass is 79.9. The fourth-order valence-electron chi connectivity index (χ4n) is 2.51. The number of nitriles is 1. The second kappa shape index (κ2) is 5.19. The van der Waals surface area contributed by atoms with Crippen LogP contribution in [0.25, 0.3) is 0 Å². The van der Waals surface area contributed by atoms with Crippen LogP contribution in [0.15, 0.2) is 40.9 Å². The predicted octanol–water partition coefficient (Wildman–Crippen LogP) is 3.91. The number of hydrogen-bond donors (Lipinski definition) is 0. The summed E-state index contributed by atoms with van der Waals surface area (Å²) in [5.41, 5.74) is 2.08. The molecule has 1 atom stereocenters. The van der Waals surface area contributed by atoms with Crippen molar-refractivity contribution in [2.45, 2.75) is 12.5 Å². The number of ether oxygens (including phenoxy) is 1. The van der Waals surface area contributed by atoms with E-state index in [1.54, 1.807) is 6.07 Å². The lowest BCUT2D eigenvalue weighted by Gasteiger charge is -2.12. The molecular formula is C15H9BrN2O3. The minimum atomic E-state index is -0.588. The highest BCUT2D eigenvalue weighted by Crippen LogP contribution is 2.43. The first-order valence-electron chi connectivity index (χ1n) is 6.20. The normalized spacial score (nSPS) is 15.9. The zero-order valence-corrected chi connectivity index (χ0v) is 12.3. The summed E-state index contributed by atoms with van der Waals surface area (Å²) in [5, 5.41) is 20.8. The average Bonchev–Trinajstić information content (AvgIpc) is 2.62. The molecule has 21 heavy (non-hydrogen) atoms. The summed E-state index contributed by atoms with van der Waals surface area (Å²) in [5.74, 6) is -0.416. The van der Waals surface area contributed by atoms with Crippen molar-refractivity contribution in [3.63, 3.8) is 0 Å². The molecule has 5 nitrogen and oxygen atoms in total. The van der Waals surface area contributed by atoms with E-state index in [0.29, 0.717) is 10.0 Å². The molecule has 2 aromatic carbocycles. The van der Waals surface area contributed by atoms with Gasteiger partial charge in [-0.15, -0.1) is 0 Å². The van der Waals surface area contributed by atoms with Gasteiger partial charge in [-0.25, -0.2) is 0 Å². The number of nitro benzene ring substituents is 1. The summed E-state index contributed by atoms with van der Waals surface area (Å²) < 4.78 is 6.19. The Morgan fingerprint density at radius 1 is 1.33 bits per heavy atom. The van der Waals surface area contributed by atoms with Gasteiger partial charge in [-0.3, -0.25) is 10.1 Å². The molecule has 0 saturated heterocycles. The van der Waals surface area contributed by atoms with E-state index in [0.717, 1.165) is 11.1 Å². The molecule has 0 spiro atoms. The molecule has 1 unspecified atom stereocenters. The summed E-state index contributed by atoms with van der Waals surface area (Å²) in [6.45, 7) is 0.212. The van der Waals surface area contributed by atoms with Crippen molar-refractivity contribution in [3.05, 3.63) is 67.7 Å². The maximum absolute atomic E-state index is 11.2. The first-order valence-corrected chi connectivity index (χ1v) is 6.99. The van der Waals surface area contributed by atoms with E-state index in [4.69, 9.17) is 4.74 Å². The van der Waals surface area contributed by atoms with E-state index in [9.17, 15) is 15.4 Å². The van der Waals surface area contributed by atoms with Gasteiger partial charge in [-0.05, 0) is 17.2 Å². The Balaban J connectivity index is 2.29. The van der Waals surface area contributed by atoms with E-state index >= 15 is 0 Å². The van der Waals surface area contributed by atoms with E-state index in [1.807, 2.05) is 24.3 Å². The Labute approximate surface area is 129 Å². The van der Waals surface area contributed by atoms with Gasteiger partial charge in [0.15, 0.2) is 0 Å². The lowest BCUT2D eigenvalue weighted by atomic mass is 9.89. The van der Waals surface area contributed by atoms with Crippen LogP contribution < -0.4 is 4.74 Å². The number of rotatable bonds is 1. The molecule has 0 bridgehead atoms. The molecular weight excluding hydrogens is 336 g/mol. The monoisotopic (exact) mass is 344 g/mol. The first kappa shape index (κ1) is 13.6. The van der Waals surface area contributed by atoms with E-state index in [-0.39, 0.29) is 18.0 Å². The Morgan fingerprint density at radius 3 is 2.81 bits per heavy atom. The highest BCUT2D eigenvalue weighted by Gasteiger charge is 2.30. The SMILES string of the molecule is N#CC1c2ccccc2COc2c1cc(Br)cc2[N+](=O)[O-]. The van der Waals surface area contributed by atoms with Crippen molar-refractivity contribution in [1.29, 1.82) is 5.26 Å². The van der Waals surface area contributed by atoms with Gasteiger partial charge in [0.1, 0.15) is 12.5 Å². The predicted molar refractivity (Wildman–Crippen MR) is 79.0 cm³/mol. The molecule has 2 aromatic rings. The second-order valence-electron chi connectivity index (χ2n) is 4.65. The van der Waals surface area contributed by atoms with Crippen LogP contribution in [0.2, 0.25) is 0 Å². The van der Waals surface area contributed by atoms with Gasteiger partial charge >= 0.3 is 5.69 Å². The molecule has 0 aromatic heterocycles. The van der Waals surface area contributed by atoms with E-state index < -0.39 is 10.8 Å². The fraction of sp³-hybridized carbons (Fsp3) is 0.133. The highest BCUT2D eigenvalue weighted by molar-refractivity contribution is 9.10. The Hall–Kier alpha value is -2.39. The third-order valence-electron chi connectivity index (χ3n) is 3.44. The zero-order chi connectivity index (χ0) is 15.0. The smallest absolute Gasteiger partial charge is 0.312 e. The van der Waals surface area contributed by atoms with Gasteiger partial charge in [-0.1, -0.05) is 40.2 Å². The lowest BCUT2D eigenvalue weighted by Crippen LogP contribution is -2.01. The molecule has 1 aliphatic heterocycles. The molecule has 104 valence electrons. The third-order valence-corrected chi connectivity index (χ3v) is 3.90. The van der Waals surface area contributed by atoms with Gasteiger partial charge in [0.2, 0.25) is 5.75 Å².